The fourth-order valence-corrected chi connectivity index (χ4v) is 4.11. The summed E-state index contributed by atoms with van der Waals surface area (Å²) in [6.07, 6.45) is 2.93. The molecule has 0 radical (unpaired) electrons. The average molecular weight is 303 g/mol. The van der Waals surface area contributed by atoms with Crippen LogP contribution in [0.3, 0.4) is 0 Å². The first-order chi connectivity index (χ1) is 10.4. The van der Waals surface area contributed by atoms with E-state index >= 15 is 0 Å². The Hall–Kier alpha value is -1.17. The Balaban J connectivity index is 1.40. The molecule has 2 aromatic rings. The van der Waals surface area contributed by atoms with Gasteiger partial charge in [-0.05, 0) is 36.5 Å². The Bertz CT molecular complexity index is 600. The van der Waals surface area contributed by atoms with Gasteiger partial charge in [-0.25, -0.2) is 0 Å². The molecule has 0 N–H and O–H groups in total. The maximum Gasteiger partial charge on any atom is 0.150 e. The van der Waals surface area contributed by atoms with Crippen molar-refractivity contribution >= 4 is 27.4 Å². The number of rotatable bonds is 3. The summed E-state index contributed by atoms with van der Waals surface area (Å²) in [6.45, 7) is 6.43. The second kappa shape index (κ2) is 5.91. The Morgan fingerprint density at radius 3 is 2.86 bits per heavy atom. The molecule has 112 valence electrons. The van der Waals surface area contributed by atoms with Crippen molar-refractivity contribution in [2.24, 2.45) is 0 Å². The number of ether oxygens (including phenoxy) is 1. The molecule has 0 aliphatic carbocycles. The molecule has 0 saturated carbocycles. The van der Waals surface area contributed by atoms with E-state index in [9.17, 15) is 0 Å². The lowest BCUT2D eigenvalue weighted by Crippen LogP contribution is -2.48. The van der Waals surface area contributed by atoms with Gasteiger partial charge in [0.2, 0.25) is 0 Å². The maximum atomic E-state index is 5.75. The van der Waals surface area contributed by atoms with Crippen molar-refractivity contribution in [3.63, 3.8) is 0 Å². The summed E-state index contributed by atoms with van der Waals surface area (Å²) in [5.41, 5.74) is 0. The van der Waals surface area contributed by atoms with Gasteiger partial charge in [-0.2, -0.15) is 4.37 Å². The van der Waals surface area contributed by atoms with Gasteiger partial charge in [-0.15, -0.1) is 0 Å². The van der Waals surface area contributed by atoms with Crippen LogP contribution in [0.5, 0.6) is 0 Å². The number of anilines is 1. The number of hydrogen-bond acceptors (Lipinski definition) is 5. The van der Waals surface area contributed by atoms with Crippen LogP contribution in [0.25, 0.3) is 10.1 Å². The highest BCUT2D eigenvalue weighted by Gasteiger charge is 2.24. The van der Waals surface area contributed by atoms with E-state index < -0.39 is 0 Å². The van der Waals surface area contributed by atoms with Crippen LogP contribution in [-0.4, -0.2) is 54.7 Å². The van der Waals surface area contributed by atoms with E-state index in [0.29, 0.717) is 6.10 Å². The highest BCUT2D eigenvalue weighted by atomic mass is 32.1. The van der Waals surface area contributed by atoms with Gasteiger partial charge in [0.25, 0.3) is 0 Å². The molecular weight excluding hydrogens is 282 g/mol. The third-order valence-electron chi connectivity index (χ3n) is 4.52. The smallest absolute Gasteiger partial charge is 0.150 e. The standard InChI is InChI=1S/C16H21N3OS/c1-2-6-15-14(5-1)16(17-21-15)19-9-7-18(8-10-19)12-13-4-3-11-20-13/h1-2,5-6,13H,3-4,7-12H2. The SMILES string of the molecule is c1ccc2c(N3CCN(CC4CCCO4)CC3)nsc2c1. The van der Waals surface area contributed by atoms with Gasteiger partial charge in [0, 0.05) is 44.7 Å². The summed E-state index contributed by atoms with van der Waals surface area (Å²) < 4.78 is 11.7. The van der Waals surface area contributed by atoms with E-state index in [2.05, 4.69) is 38.4 Å². The molecule has 4 rings (SSSR count). The third-order valence-corrected chi connectivity index (χ3v) is 5.33. The van der Waals surface area contributed by atoms with Gasteiger partial charge >= 0.3 is 0 Å². The highest BCUT2D eigenvalue weighted by molar-refractivity contribution is 7.13. The molecule has 2 aliphatic heterocycles. The van der Waals surface area contributed by atoms with Gasteiger partial charge < -0.3 is 9.64 Å². The second-order valence-corrected chi connectivity index (χ2v) is 6.73. The average Bonchev–Trinajstić information content (AvgIpc) is 3.17. The number of fused-ring (bicyclic) bond motifs is 1. The number of hydrogen-bond donors (Lipinski definition) is 0. The minimum atomic E-state index is 0.469. The molecule has 5 heteroatoms. The van der Waals surface area contributed by atoms with E-state index in [1.165, 1.54) is 28.7 Å². The largest absolute Gasteiger partial charge is 0.377 e. The lowest BCUT2D eigenvalue weighted by atomic mass is 10.2. The summed E-state index contributed by atoms with van der Waals surface area (Å²) in [5, 5.41) is 1.30. The van der Waals surface area contributed by atoms with Gasteiger partial charge in [0.15, 0.2) is 0 Å². The Labute approximate surface area is 129 Å². The maximum absolute atomic E-state index is 5.75. The number of aromatic nitrogens is 1. The Morgan fingerprint density at radius 1 is 1.19 bits per heavy atom. The van der Waals surface area contributed by atoms with Crippen molar-refractivity contribution in [3.8, 4) is 0 Å². The summed E-state index contributed by atoms with van der Waals surface area (Å²) >= 11 is 1.61. The molecule has 2 saturated heterocycles. The van der Waals surface area contributed by atoms with Crippen LogP contribution in [0, 0.1) is 0 Å². The zero-order chi connectivity index (χ0) is 14.1. The molecule has 1 aromatic carbocycles. The van der Waals surface area contributed by atoms with Crippen LogP contribution >= 0.6 is 11.5 Å². The predicted molar refractivity (Wildman–Crippen MR) is 87.2 cm³/mol. The summed E-state index contributed by atoms with van der Waals surface area (Å²) in [6, 6.07) is 8.54. The van der Waals surface area contributed by atoms with Crippen molar-refractivity contribution in [2.45, 2.75) is 18.9 Å². The molecular formula is C16H21N3OS. The molecule has 1 unspecified atom stereocenters. The van der Waals surface area contributed by atoms with Crippen molar-refractivity contribution in [3.05, 3.63) is 24.3 Å². The van der Waals surface area contributed by atoms with Gasteiger partial charge in [0.1, 0.15) is 5.82 Å². The van der Waals surface area contributed by atoms with E-state index in [-0.39, 0.29) is 0 Å². The third kappa shape index (κ3) is 2.78. The minimum Gasteiger partial charge on any atom is -0.377 e. The molecule has 0 bridgehead atoms. The molecule has 1 aromatic heterocycles. The van der Waals surface area contributed by atoms with E-state index in [0.717, 1.165) is 39.3 Å². The number of nitrogens with zero attached hydrogens (tertiary/aromatic N) is 3. The molecule has 0 spiro atoms. The lowest BCUT2D eigenvalue weighted by Gasteiger charge is -2.36. The Morgan fingerprint density at radius 2 is 2.05 bits per heavy atom. The minimum absolute atomic E-state index is 0.469. The molecule has 2 aliphatic rings. The number of benzene rings is 1. The lowest BCUT2D eigenvalue weighted by molar-refractivity contribution is 0.0712. The topological polar surface area (TPSA) is 28.6 Å². The van der Waals surface area contributed by atoms with Crippen molar-refractivity contribution in [1.29, 1.82) is 0 Å². The van der Waals surface area contributed by atoms with Crippen LogP contribution in [0.4, 0.5) is 5.82 Å². The van der Waals surface area contributed by atoms with Crippen LogP contribution in [0.1, 0.15) is 12.8 Å². The molecule has 3 heterocycles. The van der Waals surface area contributed by atoms with Crippen LogP contribution < -0.4 is 4.90 Å². The summed E-state index contributed by atoms with van der Waals surface area (Å²) in [5.74, 6) is 1.17. The molecule has 0 amide bonds. The monoisotopic (exact) mass is 303 g/mol. The zero-order valence-electron chi connectivity index (χ0n) is 12.2. The summed E-state index contributed by atoms with van der Waals surface area (Å²) in [4.78, 5) is 4.98. The van der Waals surface area contributed by atoms with Gasteiger partial charge in [-0.3, -0.25) is 4.90 Å². The van der Waals surface area contributed by atoms with Gasteiger partial charge in [0.05, 0.1) is 10.8 Å². The molecule has 21 heavy (non-hydrogen) atoms. The second-order valence-electron chi connectivity index (χ2n) is 5.93. The van der Waals surface area contributed by atoms with Crippen molar-refractivity contribution in [1.82, 2.24) is 9.27 Å². The van der Waals surface area contributed by atoms with E-state index in [1.807, 2.05) is 0 Å². The fourth-order valence-electron chi connectivity index (χ4n) is 3.32. The first-order valence-corrected chi connectivity index (χ1v) is 8.61. The summed E-state index contributed by atoms with van der Waals surface area (Å²) in [7, 11) is 0. The van der Waals surface area contributed by atoms with E-state index in [4.69, 9.17) is 4.74 Å². The van der Waals surface area contributed by atoms with Gasteiger partial charge in [-0.1, -0.05) is 12.1 Å². The predicted octanol–water partition coefficient (Wildman–Crippen LogP) is 2.60. The fraction of sp³-hybridized carbons (Fsp3) is 0.562. The zero-order valence-corrected chi connectivity index (χ0v) is 13.0. The highest BCUT2D eigenvalue weighted by Crippen LogP contribution is 2.29. The normalized spacial score (nSPS) is 24.0. The molecule has 1 atom stereocenters. The van der Waals surface area contributed by atoms with Crippen LogP contribution in [-0.2, 0) is 4.74 Å². The van der Waals surface area contributed by atoms with Crippen molar-refractivity contribution < 1.29 is 4.74 Å². The quantitative estimate of drug-likeness (QED) is 0.871. The van der Waals surface area contributed by atoms with Crippen LogP contribution in [0.15, 0.2) is 24.3 Å². The van der Waals surface area contributed by atoms with E-state index in [1.54, 1.807) is 11.5 Å². The van der Waals surface area contributed by atoms with Crippen LogP contribution in [0.2, 0.25) is 0 Å². The number of piperazine rings is 1. The first-order valence-electron chi connectivity index (χ1n) is 7.83. The first kappa shape index (κ1) is 13.5. The Kier molecular flexibility index (Phi) is 3.80. The molecule has 2 fully saturated rings. The molecule has 4 nitrogen and oxygen atoms in total. The van der Waals surface area contributed by atoms with Crippen molar-refractivity contribution in [2.75, 3.05) is 44.2 Å².